The van der Waals surface area contributed by atoms with E-state index >= 15 is 0 Å². The van der Waals surface area contributed by atoms with Crippen molar-refractivity contribution in [1.82, 2.24) is 0 Å². The first-order valence-corrected chi connectivity index (χ1v) is 9.36. The van der Waals surface area contributed by atoms with Crippen LogP contribution < -0.4 is 15.0 Å². The van der Waals surface area contributed by atoms with E-state index < -0.39 is 0 Å². The zero-order valence-corrected chi connectivity index (χ0v) is 16.3. The highest BCUT2D eigenvalue weighted by molar-refractivity contribution is 9.10. The molecule has 1 N–H and O–H groups in total. The molecule has 0 unspecified atom stereocenters. The first kappa shape index (κ1) is 18.5. The first-order valence-electron chi connectivity index (χ1n) is 8.56. The van der Waals surface area contributed by atoms with Crippen LogP contribution in [0.1, 0.15) is 20.3 Å². The summed E-state index contributed by atoms with van der Waals surface area (Å²) in [5, 5.41) is 2.89. The highest BCUT2D eigenvalue weighted by Gasteiger charge is 2.35. The molecule has 0 aromatic heterocycles. The van der Waals surface area contributed by atoms with Crippen molar-refractivity contribution in [2.45, 2.75) is 26.4 Å². The number of para-hydroxylation sites is 1. The third kappa shape index (κ3) is 4.25. The molecule has 1 atom stereocenters. The maximum absolute atomic E-state index is 12.5. The molecule has 2 amide bonds. The maximum atomic E-state index is 12.5. The normalized spacial score (nSPS) is 16.8. The molecule has 1 saturated heterocycles. The van der Waals surface area contributed by atoms with E-state index in [1.807, 2.05) is 62.4 Å². The Morgan fingerprint density at radius 2 is 1.88 bits per heavy atom. The molecular weight excluding hydrogens is 396 g/mol. The van der Waals surface area contributed by atoms with Gasteiger partial charge in [0.25, 0.3) is 0 Å². The predicted molar refractivity (Wildman–Crippen MR) is 105 cm³/mol. The van der Waals surface area contributed by atoms with Crippen molar-refractivity contribution in [3.05, 3.63) is 53.0 Å². The second-order valence-corrected chi connectivity index (χ2v) is 7.39. The lowest BCUT2D eigenvalue weighted by atomic mass is 10.1. The summed E-state index contributed by atoms with van der Waals surface area (Å²) in [5.41, 5.74) is 1.49. The summed E-state index contributed by atoms with van der Waals surface area (Å²) < 4.78 is 6.44. The predicted octanol–water partition coefficient (Wildman–Crippen LogP) is 4.23. The van der Waals surface area contributed by atoms with Gasteiger partial charge >= 0.3 is 0 Å². The fourth-order valence-electron chi connectivity index (χ4n) is 2.91. The first-order chi connectivity index (χ1) is 12.4. The van der Waals surface area contributed by atoms with Gasteiger partial charge in [-0.1, -0.05) is 12.1 Å². The van der Waals surface area contributed by atoms with Crippen LogP contribution in [0.4, 0.5) is 11.4 Å². The van der Waals surface area contributed by atoms with E-state index in [0.29, 0.717) is 12.2 Å². The van der Waals surface area contributed by atoms with E-state index in [-0.39, 0.29) is 30.3 Å². The molecule has 1 aliphatic rings. The van der Waals surface area contributed by atoms with Gasteiger partial charge in [0.05, 0.1) is 17.7 Å². The summed E-state index contributed by atoms with van der Waals surface area (Å²) in [6.45, 7) is 4.30. The molecule has 1 fully saturated rings. The van der Waals surface area contributed by atoms with Crippen LogP contribution in [0, 0.1) is 5.92 Å². The van der Waals surface area contributed by atoms with Crippen LogP contribution in [0.2, 0.25) is 0 Å². The summed E-state index contributed by atoms with van der Waals surface area (Å²) >= 11 is 3.41. The molecule has 0 aliphatic carbocycles. The molecule has 2 aromatic rings. The van der Waals surface area contributed by atoms with Gasteiger partial charge in [-0.15, -0.1) is 0 Å². The highest BCUT2D eigenvalue weighted by atomic mass is 79.9. The Labute approximate surface area is 161 Å². The molecule has 26 heavy (non-hydrogen) atoms. The van der Waals surface area contributed by atoms with Crippen LogP contribution in [0.3, 0.4) is 0 Å². The Hall–Kier alpha value is -2.34. The number of amides is 2. The van der Waals surface area contributed by atoms with Gasteiger partial charge in [-0.05, 0) is 66.2 Å². The Morgan fingerprint density at radius 1 is 1.19 bits per heavy atom. The number of carbonyl (C=O) groups excluding carboxylic acids is 2. The van der Waals surface area contributed by atoms with Crippen LogP contribution in [-0.2, 0) is 9.59 Å². The second kappa shape index (κ2) is 7.91. The Bertz CT molecular complexity index is 805. The van der Waals surface area contributed by atoms with Crippen molar-refractivity contribution < 1.29 is 14.3 Å². The van der Waals surface area contributed by atoms with E-state index in [4.69, 9.17) is 4.74 Å². The summed E-state index contributed by atoms with van der Waals surface area (Å²) in [5.74, 6) is 0.196. The minimum Gasteiger partial charge on any atom is -0.491 e. The van der Waals surface area contributed by atoms with Crippen LogP contribution >= 0.6 is 15.9 Å². The molecule has 1 aliphatic heterocycles. The highest BCUT2D eigenvalue weighted by Crippen LogP contribution is 2.29. The quantitative estimate of drug-likeness (QED) is 0.793. The number of halogens is 1. The number of hydrogen-bond acceptors (Lipinski definition) is 3. The van der Waals surface area contributed by atoms with Crippen LogP contribution in [0.5, 0.6) is 5.75 Å². The molecule has 0 saturated carbocycles. The minimum atomic E-state index is -0.374. The standard InChI is InChI=1S/C20H21BrN2O3/c1-13(2)26-16-9-7-15(8-10-16)23-12-14(11-19(23)24)20(25)22-18-6-4-3-5-17(18)21/h3-10,13-14H,11-12H2,1-2H3,(H,22,25)/t14-/m0/s1. The molecule has 136 valence electrons. The van der Waals surface area contributed by atoms with Gasteiger partial charge < -0.3 is 15.0 Å². The lowest BCUT2D eigenvalue weighted by Gasteiger charge is -2.18. The van der Waals surface area contributed by atoms with Crippen molar-refractivity contribution in [1.29, 1.82) is 0 Å². The molecule has 5 nitrogen and oxygen atoms in total. The smallest absolute Gasteiger partial charge is 0.229 e. The number of ether oxygens (including phenoxy) is 1. The molecule has 0 spiro atoms. The SMILES string of the molecule is CC(C)Oc1ccc(N2C[C@@H](C(=O)Nc3ccccc3Br)CC2=O)cc1. The molecular formula is C20H21BrN2O3. The molecule has 2 aromatic carbocycles. The Kier molecular flexibility index (Phi) is 5.61. The van der Waals surface area contributed by atoms with Crippen molar-refractivity contribution >= 4 is 39.1 Å². The lowest BCUT2D eigenvalue weighted by molar-refractivity contribution is -0.122. The van der Waals surface area contributed by atoms with E-state index in [9.17, 15) is 9.59 Å². The minimum absolute atomic E-state index is 0.0465. The van der Waals surface area contributed by atoms with Crippen LogP contribution in [0.15, 0.2) is 53.0 Å². The summed E-state index contributed by atoms with van der Waals surface area (Å²) in [4.78, 5) is 26.6. The summed E-state index contributed by atoms with van der Waals surface area (Å²) in [7, 11) is 0. The van der Waals surface area contributed by atoms with Gasteiger partial charge in [-0.3, -0.25) is 9.59 Å². The molecule has 3 rings (SSSR count). The zero-order valence-electron chi connectivity index (χ0n) is 14.7. The van der Waals surface area contributed by atoms with Gasteiger partial charge in [0.15, 0.2) is 0 Å². The number of rotatable bonds is 5. The maximum Gasteiger partial charge on any atom is 0.229 e. The van der Waals surface area contributed by atoms with Gasteiger partial charge in [-0.2, -0.15) is 0 Å². The number of benzene rings is 2. The van der Waals surface area contributed by atoms with Crippen molar-refractivity contribution in [2.75, 3.05) is 16.8 Å². The third-order valence-electron chi connectivity index (χ3n) is 4.15. The van der Waals surface area contributed by atoms with Crippen LogP contribution in [-0.4, -0.2) is 24.5 Å². The van der Waals surface area contributed by atoms with Gasteiger partial charge in [0.2, 0.25) is 11.8 Å². The lowest BCUT2D eigenvalue weighted by Crippen LogP contribution is -2.28. The van der Waals surface area contributed by atoms with Gasteiger partial charge in [-0.25, -0.2) is 0 Å². The third-order valence-corrected chi connectivity index (χ3v) is 4.84. The van der Waals surface area contributed by atoms with E-state index in [1.54, 1.807) is 4.90 Å². The second-order valence-electron chi connectivity index (χ2n) is 6.53. The summed E-state index contributed by atoms with van der Waals surface area (Å²) in [6, 6.07) is 14.8. The molecule has 0 radical (unpaired) electrons. The zero-order chi connectivity index (χ0) is 18.7. The van der Waals surface area contributed by atoms with Gasteiger partial charge in [0.1, 0.15) is 5.75 Å². The van der Waals surface area contributed by atoms with Crippen molar-refractivity contribution in [3.63, 3.8) is 0 Å². The largest absolute Gasteiger partial charge is 0.491 e. The molecule has 0 bridgehead atoms. The van der Waals surface area contributed by atoms with E-state index in [0.717, 1.165) is 15.9 Å². The van der Waals surface area contributed by atoms with Crippen molar-refractivity contribution in [2.24, 2.45) is 5.92 Å². The number of hydrogen-bond donors (Lipinski definition) is 1. The van der Waals surface area contributed by atoms with E-state index in [2.05, 4.69) is 21.2 Å². The summed E-state index contributed by atoms with van der Waals surface area (Å²) in [6.07, 6.45) is 0.306. The number of nitrogens with one attached hydrogen (secondary N) is 1. The molecule has 6 heteroatoms. The number of carbonyl (C=O) groups is 2. The fraction of sp³-hybridized carbons (Fsp3) is 0.300. The number of anilines is 2. The monoisotopic (exact) mass is 416 g/mol. The van der Waals surface area contributed by atoms with E-state index in [1.165, 1.54) is 0 Å². The van der Waals surface area contributed by atoms with Gasteiger partial charge in [0, 0.05) is 23.1 Å². The van der Waals surface area contributed by atoms with Crippen LogP contribution in [0.25, 0.3) is 0 Å². The average Bonchev–Trinajstić information content (AvgIpc) is 2.99. The van der Waals surface area contributed by atoms with Crippen molar-refractivity contribution in [3.8, 4) is 5.75 Å². The molecule has 1 heterocycles. The Morgan fingerprint density at radius 3 is 2.54 bits per heavy atom. The topological polar surface area (TPSA) is 58.6 Å². The number of nitrogens with zero attached hydrogens (tertiary/aromatic N) is 1. The fourth-order valence-corrected chi connectivity index (χ4v) is 3.29. The average molecular weight is 417 g/mol. The Balaban J connectivity index is 1.66.